The highest BCUT2D eigenvalue weighted by atomic mass is 32.2. The zero-order valence-corrected chi connectivity index (χ0v) is 12.6. The van der Waals surface area contributed by atoms with Crippen molar-refractivity contribution in [3.8, 4) is 0 Å². The van der Waals surface area contributed by atoms with Crippen LogP contribution in [0.2, 0.25) is 0 Å². The van der Waals surface area contributed by atoms with Gasteiger partial charge in [0, 0.05) is 11.5 Å². The van der Waals surface area contributed by atoms with E-state index in [0.717, 1.165) is 15.1 Å². The van der Waals surface area contributed by atoms with Gasteiger partial charge in [-0.15, -0.1) is 11.3 Å². The lowest BCUT2D eigenvalue weighted by Gasteiger charge is -2.11. The molecule has 1 aromatic carbocycles. The van der Waals surface area contributed by atoms with Crippen molar-refractivity contribution in [3.63, 3.8) is 0 Å². The fourth-order valence-corrected chi connectivity index (χ4v) is 4.29. The summed E-state index contributed by atoms with van der Waals surface area (Å²) in [5.74, 6) is -0.0989. The van der Waals surface area contributed by atoms with Crippen molar-refractivity contribution in [2.45, 2.75) is 13.0 Å². The number of aromatic nitrogens is 1. The summed E-state index contributed by atoms with van der Waals surface area (Å²) < 4.78 is 23.5. The van der Waals surface area contributed by atoms with Gasteiger partial charge in [0.15, 0.2) is 9.84 Å². The SMILES string of the molecule is Cc1nc2cc(NC3C=CS(=O)(=O)C3)c([N+](=O)[O-])cc2s1. The molecule has 1 atom stereocenters. The van der Waals surface area contributed by atoms with Crippen molar-refractivity contribution < 1.29 is 13.3 Å². The number of fused-ring (bicyclic) bond motifs is 1. The summed E-state index contributed by atoms with van der Waals surface area (Å²) in [6, 6.07) is 2.59. The summed E-state index contributed by atoms with van der Waals surface area (Å²) in [6.45, 7) is 1.83. The molecule has 0 fully saturated rings. The van der Waals surface area contributed by atoms with Gasteiger partial charge < -0.3 is 5.32 Å². The van der Waals surface area contributed by atoms with Crippen LogP contribution in [0.5, 0.6) is 0 Å². The first-order valence-electron chi connectivity index (χ1n) is 6.07. The van der Waals surface area contributed by atoms with Gasteiger partial charge in [0.05, 0.1) is 31.9 Å². The van der Waals surface area contributed by atoms with Gasteiger partial charge in [-0.2, -0.15) is 0 Å². The van der Waals surface area contributed by atoms with E-state index in [1.807, 2.05) is 6.92 Å². The second-order valence-electron chi connectivity index (χ2n) is 4.74. The molecule has 0 aliphatic carbocycles. The van der Waals surface area contributed by atoms with Gasteiger partial charge >= 0.3 is 0 Å². The standard InChI is InChI=1S/C12H11N3O4S2/c1-7-13-10-4-9(11(15(16)17)5-12(10)20-7)14-8-2-3-21(18,19)6-8/h2-5,8,14H,6H2,1H3. The molecule has 1 N–H and O–H groups in total. The van der Waals surface area contributed by atoms with Crippen LogP contribution >= 0.6 is 11.3 Å². The van der Waals surface area contributed by atoms with Gasteiger partial charge in [0.25, 0.3) is 5.69 Å². The quantitative estimate of drug-likeness (QED) is 0.686. The summed E-state index contributed by atoms with van der Waals surface area (Å²) >= 11 is 1.38. The third kappa shape index (κ3) is 2.74. The van der Waals surface area contributed by atoms with E-state index >= 15 is 0 Å². The monoisotopic (exact) mass is 325 g/mol. The van der Waals surface area contributed by atoms with E-state index in [0.29, 0.717) is 5.52 Å². The topological polar surface area (TPSA) is 102 Å². The van der Waals surface area contributed by atoms with E-state index in [-0.39, 0.29) is 17.1 Å². The minimum Gasteiger partial charge on any atom is -0.372 e. The fraction of sp³-hybridized carbons (Fsp3) is 0.250. The third-order valence-electron chi connectivity index (χ3n) is 3.08. The Bertz CT molecular complexity index is 870. The van der Waals surface area contributed by atoms with Crippen LogP contribution in [-0.2, 0) is 9.84 Å². The van der Waals surface area contributed by atoms with Gasteiger partial charge in [-0.1, -0.05) is 6.08 Å². The van der Waals surface area contributed by atoms with E-state index in [9.17, 15) is 18.5 Å². The van der Waals surface area contributed by atoms with Crippen LogP contribution in [0.15, 0.2) is 23.6 Å². The van der Waals surface area contributed by atoms with E-state index in [2.05, 4.69) is 10.3 Å². The Morgan fingerprint density at radius 2 is 2.24 bits per heavy atom. The van der Waals surface area contributed by atoms with Crippen molar-refractivity contribution in [2.75, 3.05) is 11.1 Å². The lowest BCUT2D eigenvalue weighted by Crippen LogP contribution is -2.21. The average molecular weight is 325 g/mol. The summed E-state index contributed by atoms with van der Waals surface area (Å²) in [6.07, 6.45) is 1.50. The number of nitro groups is 1. The summed E-state index contributed by atoms with van der Waals surface area (Å²) in [4.78, 5) is 15.0. The van der Waals surface area contributed by atoms with E-state index in [4.69, 9.17) is 0 Å². The molecule has 0 spiro atoms. The molecule has 9 heteroatoms. The van der Waals surface area contributed by atoms with Crippen LogP contribution in [0.25, 0.3) is 10.2 Å². The molecule has 0 saturated carbocycles. The highest BCUT2D eigenvalue weighted by Gasteiger charge is 2.25. The van der Waals surface area contributed by atoms with Crippen LogP contribution in [0, 0.1) is 17.0 Å². The van der Waals surface area contributed by atoms with Gasteiger partial charge in [-0.3, -0.25) is 10.1 Å². The van der Waals surface area contributed by atoms with E-state index in [1.165, 1.54) is 23.5 Å². The van der Waals surface area contributed by atoms with Crippen molar-refractivity contribution in [1.29, 1.82) is 0 Å². The second-order valence-corrected chi connectivity index (χ2v) is 7.90. The normalized spacial score (nSPS) is 20.0. The molecular weight excluding hydrogens is 314 g/mol. The van der Waals surface area contributed by atoms with E-state index < -0.39 is 20.8 Å². The number of sulfone groups is 1. The summed E-state index contributed by atoms with van der Waals surface area (Å²) in [5.41, 5.74) is 0.865. The number of anilines is 1. The van der Waals surface area contributed by atoms with Crippen LogP contribution in [-0.4, -0.2) is 30.1 Å². The van der Waals surface area contributed by atoms with Crippen molar-refractivity contribution in [1.82, 2.24) is 4.98 Å². The maximum absolute atomic E-state index is 11.4. The van der Waals surface area contributed by atoms with Crippen LogP contribution in [0.1, 0.15) is 5.01 Å². The molecule has 7 nitrogen and oxygen atoms in total. The minimum atomic E-state index is -3.21. The largest absolute Gasteiger partial charge is 0.372 e. The van der Waals surface area contributed by atoms with Crippen molar-refractivity contribution in [2.24, 2.45) is 0 Å². The number of nitrogens with zero attached hydrogens (tertiary/aromatic N) is 2. The summed E-state index contributed by atoms with van der Waals surface area (Å²) in [5, 5.41) is 16.0. The smallest absolute Gasteiger partial charge is 0.293 e. The van der Waals surface area contributed by atoms with Crippen LogP contribution < -0.4 is 5.32 Å². The molecule has 110 valence electrons. The molecule has 1 unspecified atom stereocenters. The second kappa shape index (κ2) is 4.78. The molecule has 0 amide bonds. The van der Waals surface area contributed by atoms with E-state index in [1.54, 1.807) is 6.07 Å². The molecular formula is C12H11N3O4S2. The first-order valence-corrected chi connectivity index (χ1v) is 8.60. The Morgan fingerprint density at radius 1 is 1.48 bits per heavy atom. The number of hydrogen-bond acceptors (Lipinski definition) is 7. The fourth-order valence-electron chi connectivity index (χ4n) is 2.21. The molecule has 3 rings (SSSR count). The van der Waals surface area contributed by atoms with Gasteiger partial charge in [0.1, 0.15) is 5.69 Å². The predicted molar refractivity (Wildman–Crippen MR) is 81.3 cm³/mol. The molecule has 2 heterocycles. The number of rotatable bonds is 3. The zero-order chi connectivity index (χ0) is 15.2. The highest BCUT2D eigenvalue weighted by Crippen LogP contribution is 2.33. The lowest BCUT2D eigenvalue weighted by molar-refractivity contribution is -0.383. The van der Waals surface area contributed by atoms with Crippen molar-refractivity contribution >= 4 is 42.8 Å². The number of nitro benzene ring substituents is 1. The number of hydrogen-bond donors (Lipinski definition) is 1. The Kier molecular flexibility index (Phi) is 3.18. The number of aryl methyl sites for hydroxylation is 1. The maximum atomic E-state index is 11.4. The molecule has 0 radical (unpaired) electrons. The Hall–Kier alpha value is -2.00. The third-order valence-corrected chi connectivity index (χ3v) is 5.41. The molecule has 1 aliphatic heterocycles. The van der Waals surface area contributed by atoms with Gasteiger partial charge in [-0.05, 0) is 13.0 Å². The number of thiazole rings is 1. The molecule has 0 bridgehead atoms. The molecule has 1 aliphatic rings. The molecule has 1 aromatic heterocycles. The number of benzene rings is 1. The first kappa shape index (κ1) is 14.0. The molecule has 2 aromatic rings. The van der Waals surface area contributed by atoms with Gasteiger partial charge in [-0.25, -0.2) is 13.4 Å². The minimum absolute atomic E-state index is 0.0798. The maximum Gasteiger partial charge on any atom is 0.293 e. The lowest BCUT2D eigenvalue weighted by atomic mass is 10.2. The Labute approximate surface area is 124 Å². The highest BCUT2D eigenvalue weighted by molar-refractivity contribution is 7.94. The van der Waals surface area contributed by atoms with Crippen LogP contribution in [0.4, 0.5) is 11.4 Å². The van der Waals surface area contributed by atoms with Gasteiger partial charge in [0.2, 0.25) is 0 Å². The number of nitrogens with one attached hydrogen (secondary N) is 1. The first-order chi connectivity index (χ1) is 9.84. The predicted octanol–water partition coefficient (Wildman–Crippen LogP) is 2.24. The Balaban J connectivity index is 2.02. The molecule has 21 heavy (non-hydrogen) atoms. The average Bonchev–Trinajstić information content (AvgIpc) is 2.89. The Morgan fingerprint density at radius 3 is 2.86 bits per heavy atom. The summed E-state index contributed by atoms with van der Waals surface area (Å²) in [7, 11) is -3.21. The van der Waals surface area contributed by atoms with Crippen molar-refractivity contribution in [3.05, 3.63) is 38.7 Å². The zero-order valence-electron chi connectivity index (χ0n) is 10.9. The molecule has 0 saturated heterocycles. The van der Waals surface area contributed by atoms with Crippen LogP contribution in [0.3, 0.4) is 0 Å².